The van der Waals surface area contributed by atoms with Crippen molar-refractivity contribution >= 4 is 15.9 Å². The number of hydroxylamine groups is 1. The average molecular weight is 554 g/mol. The van der Waals surface area contributed by atoms with Gasteiger partial charge in [0, 0.05) is 44.1 Å². The van der Waals surface area contributed by atoms with Gasteiger partial charge in [-0.05, 0) is 67.3 Å². The summed E-state index contributed by atoms with van der Waals surface area (Å²) in [6, 6.07) is 19.5. The highest BCUT2D eigenvalue weighted by molar-refractivity contribution is 7.89. The molecule has 11 heteroatoms. The first kappa shape index (κ1) is 28.7. The Bertz CT molecular complexity index is 1310. The van der Waals surface area contributed by atoms with Crippen molar-refractivity contribution in [3.05, 3.63) is 89.7 Å². The molecule has 1 saturated heterocycles. The van der Waals surface area contributed by atoms with Crippen LogP contribution in [0.25, 0.3) is 0 Å². The van der Waals surface area contributed by atoms with Crippen LogP contribution in [0.3, 0.4) is 0 Å². The van der Waals surface area contributed by atoms with Gasteiger partial charge < -0.3 is 10.1 Å². The van der Waals surface area contributed by atoms with Crippen molar-refractivity contribution in [3.63, 3.8) is 0 Å². The van der Waals surface area contributed by atoms with E-state index in [0.29, 0.717) is 31.5 Å². The number of nitrogens with zero attached hydrogens (tertiary/aromatic N) is 2. The maximum atomic E-state index is 12.9. The smallest absolute Gasteiger partial charge is 0.262 e. The van der Waals surface area contributed by atoms with Crippen LogP contribution in [0.15, 0.2) is 77.8 Å². The lowest BCUT2D eigenvalue weighted by Gasteiger charge is -2.36. The number of likely N-dealkylation sites (tertiary alicyclic amines) is 1. The minimum absolute atomic E-state index is 0.0570. The second-order valence-electron chi connectivity index (χ2n) is 9.59. The number of benzene rings is 2. The molecule has 208 valence electrons. The fourth-order valence-electron chi connectivity index (χ4n) is 4.58. The number of carbonyl (C=O) groups is 1. The summed E-state index contributed by atoms with van der Waals surface area (Å²) >= 11 is 0. The Hall–Kier alpha value is -3.35. The molecule has 1 atom stereocenters. The van der Waals surface area contributed by atoms with Gasteiger partial charge in [-0.15, -0.1) is 0 Å². The number of carbonyl (C=O) groups excluding carboxylic acids is 1. The summed E-state index contributed by atoms with van der Waals surface area (Å²) < 4.78 is 34.2. The van der Waals surface area contributed by atoms with Crippen molar-refractivity contribution in [2.75, 3.05) is 19.6 Å². The van der Waals surface area contributed by atoms with E-state index in [2.05, 4.69) is 27.2 Å². The maximum Gasteiger partial charge on any atom is 0.262 e. The zero-order chi connectivity index (χ0) is 27.7. The van der Waals surface area contributed by atoms with Gasteiger partial charge in [-0.1, -0.05) is 30.3 Å². The van der Waals surface area contributed by atoms with E-state index >= 15 is 0 Å². The van der Waals surface area contributed by atoms with E-state index in [1.807, 2.05) is 42.2 Å². The average Bonchev–Trinajstić information content (AvgIpc) is 2.96. The molecule has 0 bridgehead atoms. The van der Waals surface area contributed by atoms with Crippen LogP contribution >= 0.6 is 0 Å². The van der Waals surface area contributed by atoms with Gasteiger partial charge in [0.25, 0.3) is 5.91 Å². The second kappa shape index (κ2) is 13.6. The number of ether oxygens (including phenoxy) is 1. The number of rotatable bonds is 12. The van der Waals surface area contributed by atoms with Crippen LogP contribution in [0.1, 0.15) is 29.7 Å². The van der Waals surface area contributed by atoms with E-state index in [9.17, 15) is 18.4 Å². The Morgan fingerprint density at radius 2 is 1.79 bits per heavy atom. The van der Waals surface area contributed by atoms with Crippen molar-refractivity contribution < 1.29 is 23.2 Å². The third-order valence-corrected chi connectivity index (χ3v) is 8.23. The van der Waals surface area contributed by atoms with Crippen LogP contribution in [0.4, 0.5) is 0 Å². The molecule has 1 aliphatic heterocycles. The summed E-state index contributed by atoms with van der Waals surface area (Å²) in [6.07, 6.45) is 3.31. The van der Waals surface area contributed by atoms with Gasteiger partial charge in [0.1, 0.15) is 18.4 Å². The third kappa shape index (κ3) is 8.32. The van der Waals surface area contributed by atoms with E-state index < -0.39 is 22.0 Å². The quantitative estimate of drug-likeness (QED) is 0.199. The lowest BCUT2D eigenvalue weighted by atomic mass is 10.0. The Kier molecular flexibility index (Phi) is 10.0. The number of pyridine rings is 1. The van der Waals surface area contributed by atoms with Gasteiger partial charge in [0.2, 0.25) is 10.0 Å². The molecule has 2 aromatic carbocycles. The minimum atomic E-state index is -3.89. The topological polar surface area (TPSA) is 133 Å². The number of piperidine rings is 1. The first-order valence-electron chi connectivity index (χ1n) is 12.9. The molecule has 0 radical (unpaired) electrons. The highest BCUT2D eigenvalue weighted by Crippen LogP contribution is 2.19. The number of sulfonamides is 1. The van der Waals surface area contributed by atoms with Crippen LogP contribution in [-0.2, 0) is 28.0 Å². The molecule has 2 heterocycles. The Balaban J connectivity index is 1.29. The monoisotopic (exact) mass is 553 g/mol. The third-order valence-electron chi connectivity index (χ3n) is 6.79. The number of nitrogens with one attached hydrogen (secondary N) is 3. The summed E-state index contributed by atoms with van der Waals surface area (Å²) in [5.74, 6) is -0.117. The summed E-state index contributed by atoms with van der Waals surface area (Å²) in [5.41, 5.74) is 4.74. The fraction of sp³-hybridized carbons (Fsp3) is 0.357. The molecule has 1 aromatic heterocycles. The van der Waals surface area contributed by atoms with Crippen molar-refractivity contribution in [2.45, 2.75) is 49.9 Å². The summed E-state index contributed by atoms with van der Waals surface area (Å²) in [5, 5.41) is 12.8. The standard InChI is InChI=1S/C28H35N5O5S/c1-21-17-23(11-14-29-21)20-38-25-7-9-26(10-8-25)39(36,37)31-19-27(28(34)32-35)33-15-12-24(13-16-33)30-18-22-5-3-2-4-6-22/h2-11,14,17,24,27,30-31,35H,12-13,15-16,18-20H2,1H3,(H,32,34)/t27-/m0/s1. The number of hydrogen-bond donors (Lipinski definition) is 4. The highest BCUT2D eigenvalue weighted by atomic mass is 32.2. The van der Waals surface area contributed by atoms with Gasteiger partial charge in [0.05, 0.1) is 4.90 Å². The Morgan fingerprint density at radius 1 is 1.08 bits per heavy atom. The van der Waals surface area contributed by atoms with E-state index in [0.717, 1.165) is 30.6 Å². The molecule has 4 N–H and O–H groups in total. The van der Waals surface area contributed by atoms with Crippen LogP contribution in [0, 0.1) is 6.92 Å². The fourth-order valence-corrected chi connectivity index (χ4v) is 5.62. The summed E-state index contributed by atoms with van der Waals surface area (Å²) in [4.78, 5) is 18.5. The predicted molar refractivity (Wildman–Crippen MR) is 147 cm³/mol. The van der Waals surface area contributed by atoms with Crippen molar-refractivity contribution in [2.24, 2.45) is 0 Å². The number of hydrogen-bond acceptors (Lipinski definition) is 8. The molecule has 10 nitrogen and oxygen atoms in total. The summed E-state index contributed by atoms with van der Waals surface area (Å²) in [7, 11) is -3.89. The number of aromatic nitrogens is 1. The van der Waals surface area contributed by atoms with Crippen LogP contribution in [-0.4, -0.2) is 61.1 Å². The van der Waals surface area contributed by atoms with Gasteiger partial charge in [-0.3, -0.25) is 19.9 Å². The molecule has 39 heavy (non-hydrogen) atoms. The first-order valence-corrected chi connectivity index (χ1v) is 14.4. The number of aryl methyl sites for hydroxylation is 1. The van der Waals surface area contributed by atoms with Gasteiger partial charge in [-0.2, -0.15) is 0 Å². The number of amides is 1. The van der Waals surface area contributed by atoms with E-state index in [-0.39, 0.29) is 11.4 Å². The first-order chi connectivity index (χ1) is 18.8. The highest BCUT2D eigenvalue weighted by Gasteiger charge is 2.31. The molecule has 0 saturated carbocycles. The van der Waals surface area contributed by atoms with E-state index in [1.165, 1.54) is 17.7 Å². The van der Waals surface area contributed by atoms with E-state index in [4.69, 9.17) is 4.74 Å². The van der Waals surface area contributed by atoms with Gasteiger partial charge in [-0.25, -0.2) is 18.6 Å². The molecule has 1 aliphatic rings. The molecular weight excluding hydrogens is 518 g/mol. The Labute approximate surface area is 229 Å². The lowest BCUT2D eigenvalue weighted by molar-refractivity contribution is -0.135. The minimum Gasteiger partial charge on any atom is -0.489 e. The molecule has 4 rings (SSSR count). The SMILES string of the molecule is Cc1cc(COc2ccc(S(=O)(=O)NC[C@@H](C(=O)NO)N3CCC(NCc4ccccc4)CC3)cc2)ccn1. The zero-order valence-electron chi connectivity index (χ0n) is 21.9. The lowest BCUT2D eigenvalue weighted by Crippen LogP contribution is -2.55. The normalized spacial score (nSPS) is 15.5. The molecule has 0 aliphatic carbocycles. The van der Waals surface area contributed by atoms with Crippen LogP contribution in [0.5, 0.6) is 5.75 Å². The van der Waals surface area contributed by atoms with Crippen molar-refractivity contribution in [1.82, 2.24) is 25.4 Å². The molecule has 0 spiro atoms. The van der Waals surface area contributed by atoms with Crippen LogP contribution in [0.2, 0.25) is 0 Å². The molecule has 1 fully saturated rings. The van der Waals surface area contributed by atoms with E-state index in [1.54, 1.807) is 23.8 Å². The second-order valence-corrected chi connectivity index (χ2v) is 11.4. The molecule has 3 aromatic rings. The molecular formula is C28H35N5O5S. The predicted octanol–water partition coefficient (Wildman–Crippen LogP) is 2.38. The molecule has 1 amide bonds. The van der Waals surface area contributed by atoms with Crippen molar-refractivity contribution in [3.8, 4) is 5.75 Å². The van der Waals surface area contributed by atoms with Gasteiger partial charge in [0.15, 0.2) is 0 Å². The molecule has 0 unspecified atom stereocenters. The maximum absolute atomic E-state index is 12.9. The Morgan fingerprint density at radius 3 is 2.46 bits per heavy atom. The van der Waals surface area contributed by atoms with Crippen LogP contribution < -0.4 is 20.3 Å². The zero-order valence-corrected chi connectivity index (χ0v) is 22.7. The largest absolute Gasteiger partial charge is 0.489 e. The van der Waals surface area contributed by atoms with Gasteiger partial charge >= 0.3 is 0 Å². The van der Waals surface area contributed by atoms with Crippen molar-refractivity contribution in [1.29, 1.82) is 0 Å². The summed E-state index contributed by atoms with van der Waals surface area (Å²) in [6.45, 7) is 4.02.